The molecule has 2 rings (SSSR count). The van der Waals surface area contributed by atoms with Crippen molar-refractivity contribution in [3.8, 4) is 0 Å². The second-order valence-corrected chi connectivity index (χ2v) is 5.96. The van der Waals surface area contributed by atoms with Crippen LogP contribution < -0.4 is 5.73 Å². The lowest BCUT2D eigenvalue weighted by Gasteiger charge is -2.33. The molecule has 2 heterocycles. The molecule has 0 radical (unpaired) electrons. The molecule has 21 heavy (non-hydrogen) atoms. The minimum atomic E-state index is 0.0102. The number of amides is 1. The van der Waals surface area contributed by atoms with E-state index in [9.17, 15) is 4.79 Å². The fourth-order valence-corrected chi connectivity index (χ4v) is 2.62. The van der Waals surface area contributed by atoms with Crippen molar-refractivity contribution in [2.45, 2.75) is 52.3 Å². The van der Waals surface area contributed by atoms with Crippen molar-refractivity contribution in [3.05, 3.63) is 17.5 Å². The number of nitrogens with two attached hydrogens (primary N) is 1. The Balaban J connectivity index is 1.88. The molecule has 2 atom stereocenters. The molecule has 1 fully saturated rings. The highest BCUT2D eigenvalue weighted by Crippen LogP contribution is 2.12. The van der Waals surface area contributed by atoms with E-state index in [0.29, 0.717) is 32.7 Å². The second kappa shape index (κ2) is 7.04. The van der Waals surface area contributed by atoms with Gasteiger partial charge in [0.25, 0.3) is 0 Å². The van der Waals surface area contributed by atoms with Gasteiger partial charge in [-0.2, -0.15) is 5.10 Å². The summed E-state index contributed by atoms with van der Waals surface area (Å²) in [5.74, 6) is 0.175. The summed E-state index contributed by atoms with van der Waals surface area (Å²) in [4.78, 5) is 14.1. The molecule has 0 saturated carbocycles. The largest absolute Gasteiger partial charge is 0.373 e. The number of hydrogen-bond donors (Lipinski definition) is 1. The lowest BCUT2D eigenvalue weighted by molar-refractivity contribution is -0.139. The first-order valence-corrected chi connectivity index (χ1v) is 7.61. The van der Waals surface area contributed by atoms with Crippen LogP contribution in [0.25, 0.3) is 0 Å². The highest BCUT2D eigenvalue weighted by Gasteiger charge is 2.25. The number of aromatic nitrogens is 2. The van der Waals surface area contributed by atoms with Crippen LogP contribution in [0, 0.1) is 13.8 Å². The maximum absolute atomic E-state index is 12.2. The predicted octanol–water partition coefficient (Wildman–Crippen LogP) is 0.855. The lowest BCUT2D eigenvalue weighted by Crippen LogP contribution is -2.47. The van der Waals surface area contributed by atoms with Crippen molar-refractivity contribution in [2.75, 3.05) is 19.7 Å². The average Bonchev–Trinajstić information content (AvgIpc) is 2.74. The summed E-state index contributed by atoms with van der Waals surface area (Å²) in [6.07, 6.45) is 1.26. The van der Waals surface area contributed by atoms with E-state index < -0.39 is 0 Å². The van der Waals surface area contributed by atoms with Crippen LogP contribution in [0.5, 0.6) is 0 Å². The van der Waals surface area contributed by atoms with E-state index in [2.05, 4.69) is 5.10 Å². The Morgan fingerprint density at radius 3 is 2.95 bits per heavy atom. The highest BCUT2D eigenvalue weighted by molar-refractivity contribution is 5.76. The van der Waals surface area contributed by atoms with Crippen molar-refractivity contribution in [2.24, 2.45) is 5.73 Å². The molecule has 1 amide bonds. The Hall–Kier alpha value is -1.40. The van der Waals surface area contributed by atoms with Crippen molar-refractivity contribution in [3.63, 3.8) is 0 Å². The molecule has 0 aromatic carbocycles. The predicted molar refractivity (Wildman–Crippen MR) is 80.9 cm³/mol. The van der Waals surface area contributed by atoms with Gasteiger partial charge in [0.2, 0.25) is 5.91 Å². The second-order valence-electron chi connectivity index (χ2n) is 5.96. The van der Waals surface area contributed by atoms with Crippen molar-refractivity contribution in [1.82, 2.24) is 14.7 Å². The quantitative estimate of drug-likeness (QED) is 0.874. The van der Waals surface area contributed by atoms with Crippen molar-refractivity contribution >= 4 is 5.91 Å². The SMILES string of the molecule is Cc1cc(C)n(CC2CN(C(=O)CCC(C)N)CCO2)n1. The summed E-state index contributed by atoms with van der Waals surface area (Å²) in [5.41, 5.74) is 7.84. The van der Waals surface area contributed by atoms with E-state index in [1.807, 2.05) is 36.4 Å². The lowest BCUT2D eigenvalue weighted by atomic mass is 10.1. The number of carbonyl (C=O) groups excluding carboxylic acids is 1. The topological polar surface area (TPSA) is 73.4 Å². The Labute approximate surface area is 126 Å². The molecule has 6 heteroatoms. The van der Waals surface area contributed by atoms with E-state index in [-0.39, 0.29) is 18.1 Å². The summed E-state index contributed by atoms with van der Waals surface area (Å²) >= 11 is 0. The van der Waals surface area contributed by atoms with E-state index in [1.165, 1.54) is 0 Å². The van der Waals surface area contributed by atoms with Crippen LogP contribution in [-0.4, -0.2) is 52.4 Å². The summed E-state index contributed by atoms with van der Waals surface area (Å²) in [6.45, 7) is 8.54. The Bertz CT molecular complexity index is 484. The van der Waals surface area contributed by atoms with Gasteiger partial charge in [0, 0.05) is 31.2 Å². The maximum Gasteiger partial charge on any atom is 0.222 e. The third-order valence-electron chi connectivity index (χ3n) is 3.78. The van der Waals surface area contributed by atoms with E-state index in [0.717, 1.165) is 17.8 Å². The Morgan fingerprint density at radius 2 is 2.33 bits per heavy atom. The van der Waals surface area contributed by atoms with Gasteiger partial charge in [-0.3, -0.25) is 9.48 Å². The molecule has 1 aliphatic heterocycles. The molecule has 6 nitrogen and oxygen atoms in total. The van der Waals surface area contributed by atoms with Gasteiger partial charge < -0.3 is 15.4 Å². The number of carbonyl (C=O) groups is 1. The average molecular weight is 294 g/mol. The van der Waals surface area contributed by atoms with Crippen molar-refractivity contribution < 1.29 is 9.53 Å². The number of nitrogens with zero attached hydrogens (tertiary/aromatic N) is 3. The number of aryl methyl sites for hydroxylation is 2. The van der Waals surface area contributed by atoms with Gasteiger partial charge in [-0.1, -0.05) is 0 Å². The van der Waals surface area contributed by atoms with E-state index >= 15 is 0 Å². The molecule has 0 aliphatic carbocycles. The molecule has 1 aromatic rings. The monoisotopic (exact) mass is 294 g/mol. The summed E-state index contributed by atoms with van der Waals surface area (Å²) < 4.78 is 7.73. The fraction of sp³-hybridized carbons (Fsp3) is 0.733. The molecule has 1 saturated heterocycles. The van der Waals surface area contributed by atoms with Crippen LogP contribution in [0.15, 0.2) is 6.07 Å². The first-order chi connectivity index (χ1) is 9.95. The third kappa shape index (κ3) is 4.54. The molecular weight excluding hydrogens is 268 g/mol. The molecule has 2 N–H and O–H groups in total. The normalized spacial score (nSPS) is 20.6. The van der Waals surface area contributed by atoms with Crippen LogP contribution in [0.2, 0.25) is 0 Å². The number of morpholine rings is 1. The fourth-order valence-electron chi connectivity index (χ4n) is 2.62. The molecule has 0 bridgehead atoms. The summed E-state index contributed by atoms with van der Waals surface area (Å²) in [5, 5.41) is 4.45. The van der Waals surface area contributed by atoms with E-state index in [1.54, 1.807) is 0 Å². The van der Waals surface area contributed by atoms with Gasteiger partial charge in [-0.15, -0.1) is 0 Å². The summed E-state index contributed by atoms with van der Waals surface area (Å²) in [6, 6.07) is 2.12. The smallest absolute Gasteiger partial charge is 0.222 e. The highest BCUT2D eigenvalue weighted by atomic mass is 16.5. The van der Waals surface area contributed by atoms with Crippen LogP contribution in [0.1, 0.15) is 31.2 Å². The van der Waals surface area contributed by atoms with Crippen LogP contribution in [0.4, 0.5) is 0 Å². The minimum Gasteiger partial charge on any atom is -0.373 e. The molecule has 118 valence electrons. The zero-order valence-electron chi connectivity index (χ0n) is 13.2. The van der Waals surface area contributed by atoms with Gasteiger partial charge in [0.1, 0.15) is 0 Å². The molecule has 0 spiro atoms. The molecule has 2 unspecified atom stereocenters. The third-order valence-corrected chi connectivity index (χ3v) is 3.78. The van der Waals surface area contributed by atoms with Crippen LogP contribution in [-0.2, 0) is 16.1 Å². The number of ether oxygens (including phenoxy) is 1. The number of hydrogen-bond acceptors (Lipinski definition) is 4. The molecule has 1 aliphatic rings. The van der Waals surface area contributed by atoms with Crippen LogP contribution >= 0.6 is 0 Å². The Kier molecular flexibility index (Phi) is 5.36. The first kappa shape index (κ1) is 16.0. The maximum atomic E-state index is 12.2. The zero-order valence-corrected chi connectivity index (χ0v) is 13.2. The van der Waals surface area contributed by atoms with Crippen LogP contribution in [0.3, 0.4) is 0 Å². The zero-order chi connectivity index (χ0) is 15.4. The standard InChI is InChI=1S/C15H26N4O2/c1-11(16)4-5-15(20)18-6-7-21-14(9-18)10-19-13(3)8-12(2)17-19/h8,11,14H,4-7,9-10,16H2,1-3H3. The summed E-state index contributed by atoms with van der Waals surface area (Å²) in [7, 11) is 0. The number of rotatable bonds is 5. The van der Waals surface area contributed by atoms with Gasteiger partial charge in [0.15, 0.2) is 0 Å². The van der Waals surface area contributed by atoms with E-state index in [4.69, 9.17) is 10.5 Å². The van der Waals surface area contributed by atoms with Gasteiger partial charge in [-0.05, 0) is 33.3 Å². The molecular formula is C15H26N4O2. The minimum absolute atomic E-state index is 0.0102. The first-order valence-electron chi connectivity index (χ1n) is 7.61. The van der Waals surface area contributed by atoms with Gasteiger partial charge in [-0.25, -0.2) is 0 Å². The molecule has 1 aromatic heterocycles. The van der Waals surface area contributed by atoms with Gasteiger partial charge in [0.05, 0.1) is 24.9 Å². The Morgan fingerprint density at radius 1 is 1.57 bits per heavy atom. The van der Waals surface area contributed by atoms with Crippen molar-refractivity contribution in [1.29, 1.82) is 0 Å². The van der Waals surface area contributed by atoms with Gasteiger partial charge >= 0.3 is 0 Å².